The highest BCUT2D eigenvalue weighted by Gasteiger charge is 2.42. The fourth-order valence-electron chi connectivity index (χ4n) is 4.85. The highest BCUT2D eigenvalue weighted by molar-refractivity contribution is 5.80. The van der Waals surface area contributed by atoms with Crippen molar-refractivity contribution in [2.45, 2.75) is 69.8 Å². The lowest BCUT2D eigenvalue weighted by Crippen LogP contribution is -2.45. The average Bonchev–Trinajstić information content (AvgIpc) is 3.42. The Hall–Kier alpha value is -1.83. The van der Waals surface area contributed by atoms with Gasteiger partial charge in [0.2, 0.25) is 5.91 Å². The summed E-state index contributed by atoms with van der Waals surface area (Å²) >= 11 is 0. The minimum Gasteiger partial charge on any atom is -0.504 e. The molecule has 0 radical (unpaired) electrons. The summed E-state index contributed by atoms with van der Waals surface area (Å²) in [5.41, 5.74) is 0.837. The Balaban J connectivity index is 1.23. The number of nitrogens with one attached hydrogen (secondary N) is 1. The van der Waals surface area contributed by atoms with Gasteiger partial charge in [0.05, 0.1) is 18.3 Å². The van der Waals surface area contributed by atoms with Crippen molar-refractivity contribution in [3.05, 3.63) is 23.8 Å². The van der Waals surface area contributed by atoms with E-state index in [2.05, 4.69) is 10.2 Å². The number of rotatable bonds is 7. The van der Waals surface area contributed by atoms with Crippen LogP contribution < -0.4 is 10.1 Å². The molecule has 0 saturated carbocycles. The number of phenolic OH excluding ortho intramolecular Hbond substituents is 1. The van der Waals surface area contributed by atoms with E-state index >= 15 is 0 Å². The number of piperidine rings is 1. The first kappa shape index (κ1) is 21.4. The molecule has 30 heavy (non-hydrogen) atoms. The molecule has 1 aromatic rings. The molecule has 0 unspecified atom stereocenters. The molecule has 3 aliphatic rings. The van der Waals surface area contributed by atoms with E-state index in [1.165, 1.54) is 0 Å². The smallest absolute Gasteiger partial charge is 0.249 e. The Morgan fingerprint density at radius 3 is 2.87 bits per heavy atom. The van der Waals surface area contributed by atoms with E-state index in [1.54, 1.807) is 6.07 Å². The molecular weight excluding hydrogens is 384 g/mol. The Kier molecular flexibility index (Phi) is 6.80. The van der Waals surface area contributed by atoms with Gasteiger partial charge < -0.3 is 24.6 Å². The van der Waals surface area contributed by atoms with Crippen molar-refractivity contribution < 1.29 is 24.1 Å². The maximum absolute atomic E-state index is 12.2. The summed E-state index contributed by atoms with van der Waals surface area (Å²) in [5, 5.41) is 13.5. The average molecular weight is 419 g/mol. The molecule has 4 rings (SSSR count). The van der Waals surface area contributed by atoms with Crippen molar-refractivity contribution in [2.75, 3.05) is 32.8 Å². The molecule has 1 aromatic carbocycles. The van der Waals surface area contributed by atoms with Gasteiger partial charge in [-0.05, 0) is 51.5 Å². The summed E-state index contributed by atoms with van der Waals surface area (Å²) in [4.78, 5) is 14.5. The largest absolute Gasteiger partial charge is 0.504 e. The van der Waals surface area contributed by atoms with Crippen LogP contribution in [-0.2, 0) is 20.8 Å². The van der Waals surface area contributed by atoms with E-state index in [0.717, 1.165) is 57.2 Å². The second-order valence-corrected chi connectivity index (χ2v) is 8.68. The van der Waals surface area contributed by atoms with Crippen molar-refractivity contribution in [1.29, 1.82) is 0 Å². The molecule has 2 atom stereocenters. The molecule has 3 heterocycles. The van der Waals surface area contributed by atoms with Crippen LogP contribution in [0.25, 0.3) is 0 Å². The maximum Gasteiger partial charge on any atom is 0.249 e. The fourth-order valence-corrected chi connectivity index (χ4v) is 4.85. The lowest BCUT2D eigenvalue weighted by Gasteiger charge is -2.39. The minimum absolute atomic E-state index is 0.000889. The van der Waals surface area contributed by atoms with Gasteiger partial charge in [-0.15, -0.1) is 0 Å². The van der Waals surface area contributed by atoms with Crippen molar-refractivity contribution in [2.24, 2.45) is 0 Å². The molecule has 0 bridgehead atoms. The van der Waals surface area contributed by atoms with Gasteiger partial charge in [0.25, 0.3) is 0 Å². The molecule has 7 nitrogen and oxygen atoms in total. The molecule has 0 aromatic heterocycles. The fraction of sp³-hybridized carbons (Fsp3) is 0.696. The van der Waals surface area contributed by atoms with Gasteiger partial charge in [-0.25, -0.2) is 0 Å². The van der Waals surface area contributed by atoms with Crippen molar-refractivity contribution in [1.82, 2.24) is 10.2 Å². The number of ether oxygens (including phenoxy) is 3. The van der Waals surface area contributed by atoms with Gasteiger partial charge in [0.1, 0.15) is 6.10 Å². The summed E-state index contributed by atoms with van der Waals surface area (Å²) < 4.78 is 17.4. The first-order valence-electron chi connectivity index (χ1n) is 11.3. The predicted molar refractivity (Wildman–Crippen MR) is 113 cm³/mol. The van der Waals surface area contributed by atoms with Crippen LogP contribution >= 0.6 is 0 Å². The summed E-state index contributed by atoms with van der Waals surface area (Å²) in [7, 11) is 0. The number of nitrogens with zero attached hydrogens (tertiary/aromatic N) is 1. The monoisotopic (exact) mass is 418 g/mol. The van der Waals surface area contributed by atoms with Gasteiger partial charge in [-0.2, -0.15) is 0 Å². The number of benzene rings is 1. The molecule has 2 N–H and O–H groups in total. The number of amides is 1. The molecule has 166 valence electrons. The maximum atomic E-state index is 12.2. The molecule has 3 saturated heterocycles. The molecule has 0 aliphatic carbocycles. The Labute approximate surface area is 178 Å². The first-order chi connectivity index (χ1) is 14.6. The van der Waals surface area contributed by atoms with Crippen molar-refractivity contribution >= 4 is 5.91 Å². The van der Waals surface area contributed by atoms with Crippen LogP contribution in [0, 0.1) is 0 Å². The van der Waals surface area contributed by atoms with E-state index in [9.17, 15) is 9.90 Å². The first-order valence-corrected chi connectivity index (χ1v) is 11.3. The molecule has 1 spiro atoms. The van der Waals surface area contributed by atoms with E-state index in [0.29, 0.717) is 32.1 Å². The number of hydrogen-bond acceptors (Lipinski definition) is 6. The standard InChI is InChI=1S/C23H34N2O5/c1-2-28-19-6-3-5-17(21(19)26)16-25-12-10-23(11-13-25)9-8-18(30-23)15-24-22(27)20-7-4-14-29-20/h3,5-6,18,20,26H,2,4,7-16H2,1H3,(H,24,27)/t18-,20+/m1/s1. The molecule has 3 aliphatic heterocycles. The number of para-hydroxylation sites is 1. The summed E-state index contributed by atoms with van der Waals surface area (Å²) in [6.45, 7) is 6.30. The second-order valence-electron chi connectivity index (χ2n) is 8.68. The number of aromatic hydroxyl groups is 1. The molecular formula is C23H34N2O5. The van der Waals surface area contributed by atoms with E-state index in [-0.39, 0.29) is 29.5 Å². The Morgan fingerprint density at radius 1 is 1.30 bits per heavy atom. The third kappa shape index (κ3) is 4.90. The van der Waals surface area contributed by atoms with Crippen molar-refractivity contribution in [3.8, 4) is 11.5 Å². The van der Waals surface area contributed by atoms with Crippen LogP contribution in [0.4, 0.5) is 0 Å². The second kappa shape index (κ2) is 9.54. The normalized spacial score (nSPS) is 26.2. The summed E-state index contributed by atoms with van der Waals surface area (Å²) in [6.07, 6.45) is 5.60. The summed E-state index contributed by atoms with van der Waals surface area (Å²) in [5.74, 6) is 0.801. The van der Waals surface area contributed by atoms with Crippen LogP contribution in [-0.4, -0.2) is 66.6 Å². The quantitative estimate of drug-likeness (QED) is 0.709. The number of carbonyl (C=O) groups is 1. The lowest BCUT2D eigenvalue weighted by atomic mass is 9.88. The third-order valence-electron chi connectivity index (χ3n) is 6.61. The predicted octanol–water partition coefficient (Wildman–Crippen LogP) is 2.60. The summed E-state index contributed by atoms with van der Waals surface area (Å²) in [6, 6.07) is 5.69. The van der Waals surface area contributed by atoms with Gasteiger partial charge >= 0.3 is 0 Å². The zero-order valence-electron chi connectivity index (χ0n) is 17.9. The van der Waals surface area contributed by atoms with Crippen molar-refractivity contribution in [3.63, 3.8) is 0 Å². The van der Waals surface area contributed by atoms with Gasteiger partial charge in [-0.3, -0.25) is 9.69 Å². The highest BCUT2D eigenvalue weighted by atomic mass is 16.5. The van der Waals surface area contributed by atoms with Crippen LogP contribution in [0.3, 0.4) is 0 Å². The number of hydrogen-bond donors (Lipinski definition) is 2. The van der Waals surface area contributed by atoms with Crippen LogP contribution in [0.1, 0.15) is 51.0 Å². The molecule has 3 fully saturated rings. The number of likely N-dealkylation sites (tertiary alicyclic amines) is 1. The zero-order valence-corrected chi connectivity index (χ0v) is 17.9. The van der Waals surface area contributed by atoms with Gasteiger partial charge in [0, 0.05) is 38.3 Å². The lowest BCUT2D eigenvalue weighted by molar-refractivity contribution is -0.131. The topological polar surface area (TPSA) is 80.3 Å². The zero-order chi connectivity index (χ0) is 21.0. The highest BCUT2D eigenvalue weighted by Crippen LogP contribution is 2.39. The van der Waals surface area contributed by atoms with Crippen LogP contribution in [0.2, 0.25) is 0 Å². The molecule has 7 heteroatoms. The molecule has 1 amide bonds. The van der Waals surface area contributed by atoms with E-state index in [4.69, 9.17) is 14.2 Å². The van der Waals surface area contributed by atoms with Crippen LogP contribution in [0.15, 0.2) is 18.2 Å². The third-order valence-corrected chi connectivity index (χ3v) is 6.61. The SMILES string of the molecule is CCOc1cccc(CN2CCC3(CC[C@H](CNC(=O)[C@@H]4CCCO4)O3)CC2)c1O. The van der Waals surface area contributed by atoms with Gasteiger partial charge in [-0.1, -0.05) is 12.1 Å². The van der Waals surface area contributed by atoms with E-state index in [1.807, 2.05) is 19.1 Å². The Bertz CT molecular complexity index is 726. The minimum atomic E-state index is -0.277. The Morgan fingerprint density at radius 2 is 2.13 bits per heavy atom. The van der Waals surface area contributed by atoms with Gasteiger partial charge in [0.15, 0.2) is 11.5 Å². The number of carbonyl (C=O) groups excluding carboxylic acids is 1. The van der Waals surface area contributed by atoms with Crippen LogP contribution in [0.5, 0.6) is 11.5 Å². The van der Waals surface area contributed by atoms with E-state index < -0.39 is 0 Å². The number of phenols is 1.